The van der Waals surface area contributed by atoms with Gasteiger partial charge in [-0.15, -0.1) is 0 Å². The molecule has 2 aliphatic rings. The Morgan fingerprint density at radius 3 is 2.57 bits per heavy atom. The smallest absolute Gasteiger partial charge is 0.275 e. The maximum Gasteiger partial charge on any atom is 0.275 e. The summed E-state index contributed by atoms with van der Waals surface area (Å²) in [5.74, 6) is 0.391. The van der Waals surface area contributed by atoms with Gasteiger partial charge >= 0.3 is 0 Å². The van der Waals surface area contributed by atoms with Gasteiger partial charge in [0.05, 0.1) is 18.5 Å². The summed E-state index contributed by atoms with van der Waals surface area (Å²) < 4.78 is 5.57. The number of rotatable bonds is 6. The molecule has 2 N–H and O–H groups in total. The van der Waals surface area contributed by atoms with Crippen LogP contribution in [-0.2, 0) is 4.74 Å². The number of carbonyl (C=O) groups is 1. The number of nitrogens with zero attached hydrogens (tertiary/aromatic N) is 3. The number of benzene rings is 1. The number of hydrogen-bond acceptors (Lipinski definition) is 6. The molecular formula is C21H27N5O2. The third-order valence-electron chi connectivity index (χ3n) is 5.27. The predicted molar refractivity (Wildman–Crippen MR) is 110 cm³/mol. The molecule has 148 valence electrons. The van der Waals surface area contributed by atoms with E-state index in [1.54, 1.807) is 6.20 Å². The quantitative estimate of drug-likeness (QED) is 0.799. The predicted octanol–water partition coefficient (Wildman–Crippen LogP) is 3.31. The Morgan fingerprint density at radius 1 is 1.07 bits per heavy atom. The highest BCUT2D eigenvalue weighted by molar-refractivity contribution is 6.02. The molecule has 0 radical (unpaired) electrons. The fourth-order valence-electron chi connectivity index (χ4n) is 3.66. The van der Waals surface area contributed by atoms with Crippen LogP contribution in [0.25, 0.3) is 0 Å². The van der Waals surface area contributed by atoms with Gasteiger partial charge in [0.1, 0.15) is 11.5 Å². The van der Waals surface area contributed by atoms with Crippen LogP contribution in [0.3, 0.4) is 0 Å². The van der Waals surface area contributed by atoms with Gasteiger partial charge in [-0.3, -0.25) is 4.79 Å². The van der Waals surface area contributed by atoms with Gasteiger partial charge in [-0.2, -0.15) is 0 Å². The zero-order chi connectivity index (χ0) is 19.2. The summed E-state index contributed by atoms with van der Waals surface area (Å²) in [4.78, 5) is 23.3. The molecule has 28 heavy (non-hydrogen) atoms. The second kappa shape index (κ2) is 9.01. The molecular weight excluding hydrogens is 354 g/mol. The highest BCUT2D eigenvalue weighted by atomic mass is 16.5. The summed E-state index contributed by atoms with van der Waals surface area (Å²) in [5, 5.41) is 6.09. The van der Waals surface area contributed by atoms with Crippen LogP contribution in [0, 0.1) is 0 Å². The molecule has 2 saturated heterocycles. The third-order valence-corrected chi connectivity index (χ3v) is 5.27. The van der Waals surface area contributed by atoms with Crippen LogP contribution in [0.4, 0.5) is 17.2 Å². The van der Waals surface area contributed by atoms with E-state index in [0.29, 0.717) is 18.1 Å². The van der Waals surface area contributed by atoms with Crippen molar-refractivity contribution in [3.63, 3.8) is 0 Å². The molecule has 1 aromatic heterocycles. The summed E-state index contributed by atoms with van der Waals surface area (Å²) in [5.41, 5.74) is 2.26. The van der Waals surface area contributed by atoms with E-state index in [-0.39, 0.29) is 12.0 Å². The standard InChI is InChI=1S/C21H27N5O2/c27-21(19-14-24-20(15-22-19)23-13-18-5-4-12-28-18)25-16-6-8-17(9-7-16)26-10-2-1-3-11-26/h6-9,14-15,18H,1-5,10-13H2,(H,23,24)(H,25,27). The lowest BCUT2D eigenvalue weighted by molar-refractivity contribution is 0.102. The molecule has 0 saturated carbocycles. The highest BCUT2D eigenvalue weighted by Crippen LogP contribution is 2.22. The van der Waals surface area contributed by atoms with Gasteiger partial charge in [-0.05, 0) is 56.4 Å². The van der Waals surface area contributed by atoms with Gasteiger partial charge in [-0.1, -0.05) is 0 Å². The Bertz CT molecular complexity index is 766. The van der Waals surface area contributed by atoms with Crippen LogP contribution in [-0.4, -0.2) is 48.2 Å². The molecule has 0 aliphatic carbocycles. The Balaban J connectivity index is 1.30. The fraction of sp³-hybridized carbons (Fsp3) is 0.476. The number of hydrogen-bond donors (Lipinski definition) is 2. The summed E-state index contributed by atoms with van der Waals surface area (Å²) >= 11 is 0. The molecule has 0 bridgehead atoms. The molecule has 1 unspecified atom stereocenters. The molecule has 4 rings (SSSR count). The lowest BCUT2D eigenvalue weighted by Crippen LogP contribution is -2.29. The van der Waals surface area contributed by atoms with Gasteiger partial charge in [0.25, 0.3) is 5.91 Å². The zero-order valence-electron chi connectivity index (χ0n) is 16.1. The van der Waals surface area contributed by atoms with Crippen molar-refractivity contribution >= 4 is 23.1 Å². The molecule has 1 aromatic carbocycles. The number of piperidine rings is 1. The first-order chi connectivity index (χ1) is 13.8. The second-order valence-electron chi connectivity index (χ2n) is 7.35. The molecule has 7 heteroatoms. The Hall–Kier alpha value is -2.67. The van der Waals surface area contributed by atoms with Crippen LogP contribution in [0.15, 0.2) is 36.7 Å². The SMILES string of the molecule is O=C(Nc1ccc(N2CCCCC2)cc1)c1cnc(NCC2CCCO2)cn1. The Morgan fingerprint density at radius 2 is 1.89 bits per heavy atom. The van der Waals surface area contributed by atoms with Crippen molar-refractivity contribution in [1.82, 2.24) is 9.97 Å². The van der Waals surface area contributed by atoms with Crippen LogP contribution in [0.2, 0.25) is 0 Å². The van der Waals surface area contributed by atoms with E-state index in [9.17, 15) is 4.79 Å². The first-order valence-corrected chi connectivity index (χ1v) is 10.1. The average molecular weight is 381 g/mol. The van der Waals surface area contributed by atoms with Crippen LogP contribution < -0.4 is 15.5 Å². The molecule has 2 aliphatic heterocycles. The number of aromatic nitrogens is 2. The third kappa shape index (κ3) is 4.78. The largest absolute Gasteiger partial charge is 0.376 e. The minimum Gasteiger partial charge on any atom is -0.376 e. The van der Waals surface area contributed by atoms with Crippen molar-refractivity contribution < 1.29 is 9.53 Å². The van der Waals surface area contributed by atoms with Gasteiger partial charge in [-0.25, -0.2) is 9.97 Å². The number of amides is 1. The summed E-state index contributed by atoms with van der Waals surface area (Å²) in [7, 11) is 0. The molecule has 2 fully saturated rings. The van der Waals surface area contributed by atoms with Crippen molar-refractivity contribution in [3.8, 4) is 0 Å². The van der Waals surface area contributed by atoms with Crippen molar-refractivity contribution in [2.24, 2.45) is 0 Å². The average Bonchev–Trinajstić information content (AvgIpc) is 3.27. The molecule has 2 aromatic rings. The van der Waals surface area contributed by atoms with E-state index in [2.05, 4.69) is 37.6 Å². The van der Waals surface area contributed by atoms with Crippen molar-refractivity contribution in [2.75, 3.05) is 41.8 Å². The zero-order valence-corrected chi connectivity index (χ0v) is 16.1. The summed E-state index contributed by atoms with van der Waals surface area (Å²) in [6.45, 7) is 3.75. The fourth-order valence-corrected chi connectivity index (χ4v) is 3.66. The van der Waals surface area contributed by atoms with E-state index in [1.165, 1.54) is 31.1 Å². The van der Waals surface area contributed by atoms with Gasteiger partial charge in [0, 0.05) is 37.6 Å². The van der Waals surface area contributed by atoms with Crippen molar-refractivity contribution in [1.29, 1.82) is 0 Å². The van der Waals surface area contributed by atoms with Gasteiger partial charge < -0.3 is 20.3 Å². The maximum atomic E-state index is 12.4. The second-order valence-corrected chi connectivity index (χ2v) is 7.35. The highest BCUT2D eigenvalue weighted by Gasteiger charge is 2.16. The monoisotopic (exact) mass is 381 g/mol. The van der Waals surface area contributed by atoms with Crippen molar-refractivity contribution in [3.05, 3.63) is 42.4 Å². The van der Waals surface area contributed by atoms with Crippen LogP contribution in [0.5, 0.6) is 0 Å². The number of ether oxygens (including phenoxy) is 1. The van der Waals surface area contributed by atoms with E-state index < -0.39 is 0 Å². The maximum absolute atomic E-state index is 12.4. The van der Waals surface area contributed by atoms with Crippen LogP contribution in [0.1, 0.15) is 42.6 Å². The lowest BCUT2D eigenvalue weighted by Gasteiger charge is -2.28. The van der Waals surface area contributed by atoms with E-state index in [1.807, 2.05) is 12.1 Å². The number of nitrogens with one attached hydrogen (secondary N) is 2. The first kappa shape index (κ1) is 18.7. The topological polar surface area (TPSA) is 79.4 Å². The summed E-state index contributed by atoms with van der Waals surface area (Å²) in [6.07, 6.45) is 9.30. The molecule has 1 atom stereocenters. The Labute approximate surface area is 165 Å². The lowest BCUT2D eigenvalue weighted by atomic mass is 10.1. The van der Waals surface area contributed by atoms with Crippen LogP contribution >= 0.6 is 0 Å². The summed E-state index contributed by atoms with van der Waals surface area (Å²) in [6, 6.07) is 8.00. The molecule has 3 heterocycles. The minimum atomic E-state index is -0.260. The van der Waals surface area contributed by atoms with Gasteiger partial charge in [0.2, 0.25) is 0 Å². The molecule has 0 spiro atoms. The van der Waals surface area contributed by atoms with E-state index >= 15 is 0 Å². The van der Waals surface area contributed by atoms with E-state index in [0.717, 1.165) is 38.2 Å². The number of anilines is 3. The van der Waals surface area contributed by atoms with Gasteiger partial charge in [0.15, 0.2) is 0 Å². The van der Waals surface area contributed by atoms with E-state index in [4.69, 9.17) is 4.74 Å². The Kier molecular flexibility index (Phi) is 6.01. The minimum absolute atomic E-state index is 0.234. The number of carbonyl (C=O) groups excluding carboxylic acids is 1. The molecule has 7 nitrogen and oxygen atoms in total. The first-order valence-electron chi connectivity index (χ1n) is 10.1. The molecule has 1 amide bonds. The normalized spacial score (nSPS) is 19.4. The van der Waals surface area contributed by atoms with Crippen molar-refractivity contribution in [2.45, 2.75) is 38.2 Å².